The number of hydrogen-bond donors (Lipinski definition) is 1. The molecule has 0 spiro atoms. The van der Waals surface area contributed by atoms with Crippen molar-refractivity contribution in [1.29, 1.82) is 0 Å². The lowest BCUT2D eigenvalue weighted by Crippen LogP contribution is -1.99. The molecule has 3 nitrogen and oxygen atoms in total. The van der Waals surface area contributed by atoms with Crippen molar-refractivity contribution in [3.05, 3.63) is 22.5 Å². The largest absolute Gasteiger partial charge is 0.362 e. The van der Waals surface area contributed by atoms with Crippen molar-refractivity contribution in [2.24, 2.45) is 0 Å². The second-order valence-corrected chi connectivity index (χ2v) is 3.49. The monoisotopic (exact) mass is 193 g/mol. The van der Waals surface area contributed by atoms with Crippen LogP contribution in [0.3, 0.4) is 0 Å². The lowest BCUT2D eigenvalue weighted by atomic mass is 10.0. The molecule has 1 heterocycles. The number of ketones is 1. The van der Waals surface area contributed by atoms with Crippen LogP contribution in [0.25, 0.3) is 0 Å². The van der Waals surface area contributed by atoms with Crippen LogP contribution < -0.4 is 0 Å². The maximum absolute atomic E-state index is 11.4. The minimum atomic E-state index is 0.0627. The van der Waals surface area contributed by atoms with Gasteiger partial charge in [0.1, 0.15) is 6.29 Å². The Kier molecular flexibility index (Phi) is 3.23. The summed E-state index contributed by atoms with van der Waals surface area (Å²) < 4.78 is 0. The molecule has 0 aliphatic rings. The summed E-state index contributed by atoms with van der Waals surface area (Å²) in [6, 6.07) is 0. The highest BCUT2D eigenvalue weighted by Crippen LogP contribution is 2.20. The van der Waals surface area contributed by atoms with E-state index >= 15 is 0 Å². The van der Waals surface area contributed by atoms with Gasteiger partial charge in [0.25, 0.3) is 0 Å². The molecule has 0 aliphatic heterocycles. The van der Waals surface area contributed by atoms with Gasteiger partial charge in [0.15, 0.2) is 5.78 Å². The zero-order valence-electron chi connectivity index (χ0n) is 8.81. The van der Waals surface area contributed by atoms with Gasteiger partial charge in [0, 0.05) is 23.4 Å². The molecule has 0 saturated heterocycles. The zero-order valence-corrected chi connectivity index (χ0v) is 8.81. The first-order chi connectivity index (χ1) is 6.57. The van der Waals surface area contributed by atoms with Crippen LogP contribution in [0.15, 0.2) is 0 Å². The molecule has 1 aromatic rings. The third-order valence-corrected chi connectivity index (χ3v) is 2.37. The smallest absolute Gasteiger partial charge is 0.161 e. The summed E-state index contributed by atoms with van der Waals surface area (Å²) in [6.45, 7) is 5.37. The van der Waals surface area contributed by atoms with Gasteiger partial charge in [-0.2, -0.15) is 0 Å². The van der Waals surface area contributed by atoms with Crippen LogP contribution in [-0.4, -0.2) is 17.1 Å². The molecule has 0 saturated carbocycles. The first kappa shape index (κ1) is 10.7. The number of hydrogen-bond acceptors (Lipinski definition) is 2. The van der Waals surface area contributed by atoms with Crippen LogP contribution in [0.2, 0.25) is 0 Å². The van der Waals surface area contributed by atoms with E-state index in [1.807, 2.05) is 13.8 Å². The van der Waals surface area contributed by atoms with Gasteiger partial charge < -0.3 is 9.78 Å². The van der Waals surface area contributed by atoms with E-state index in [1.165, 1.54) is 0 Å². The number of aromatic nitrogens is 1. The van der Waals surface area contributed by atoms with E-state index in [0.717, 1.165) is 28.8 Å². The average molecular weight is 193 g/mol. The highest BCUT2D eigenvalue weighted by atomic mass is 16.1. The Morgan fingerprint density at radius 1 is 1.36 bits per heavy atom. The molecular weight excluding hydrogens is 178 g/mol. The summed E-state index contributed by atoms with van der Waals surface area (Å²) in [4.78, 5) is 24.8. The Bertz CT molecular complexity index is 364. The molecule has 0 aromatic carbocycles. The number of carbonyl (C=O) groups excluding carboxylic acids is 2. The van der Waals surface area contributed by atoms with E-state index in [9.17, 15) is 9.59 Å². The molecule has 0 radical (unpaired) electrons. The Labute approximate surface area is 83.5 Å². The van der Waals surface area contributed by atoms with Crippen LogP contribution >= 0.6 is 0 Å². The number of carbonyl (C=O) groups is 2. The summed E-state index contributed by atoms with van der Waals surface area (Å²) in [5.74, 6) is 0.0627. The second kappa shape index (κ2) is 4.22. The van der Waals surface area contributed by atoms with Gasteiger partial charge in [-0.15, -0.1) is 0 Å². The number of nitrogens with one attached hydrogen (secondary N) is 1. The van der Waals surface area contributed by atoms with Gasteiger partial charge in [0.2, 0.25) is 0 Å². The Hall–Kier alpha value is -1.38. The molecule has 0 fully saturated rings. The zero-order chi connectivity index (χ0) is 10.7. The maximum Gasteiger partial charge on any atom is 0.161 e. The highest BCUT2D eigenvalue weighted by Gasteiger charge is 2.15. The number of H-pyrrole nitrogens is 1. The van der Waals surface area contributed by atoms with Crippen molar-refractivity contribution in [2.75, 3.05) is 0 Å². The van der Waals surface area contributed by atoms with Crippen molar-refractivity contribution >= 4 is 12.1 Å². The number of aromatic amines is 1. The SMILES string of the molecule is CC(=O)c1c(C)[nH]c(C)c1CCC=O. The lowest BCUT2D eigenvalue weighted by Gasteiger charge is -2.00. The van der Waals surface area contributed by atoms with E-state index in [2.05, 4.69) is 4.98 Å². The van der Waals surface area contributed by atoms with Crippen molar-refractivity contribution in [3.63, 3.8) is 0 Å². The quantitative estimate of drug-likeness (QED) is 0.587. The lowest BCUT2D eigenvalue weighted by molar-refractivity contribution is -0.107. The molecule has 3 heteroatoms. The Morgan fingerprint density at radius 2 is 2.00 bits per heavy atom. The molecule has 0 aliphatic carbocycles. The second-order valence-electron chi connectivity index (χ2n) is 3.49. The molecule has 0 bridgehead atoms. The highest BCUT2D eigenvalue weighted by molar-refractivity contribution is 5.97. The van der Waals surface area contributed by atoms with Crippen LogP contribution in [0.1, 0.15) is 40.7 Å². The molecule has 76 valence electrons. The van der Waals surface area contributed by atoms with Crippen LogP contribution in [0.5, 0.6) is 0 Å². The average Bonchev–Trinajstić information content (AvgIpc) is 2.37. The normalized spacial score (nSPS) is 10.2. The molecular formula is C11H15NO2. The first-order valence-corrected chi connectivity index (χ1v) is 4.70. The summed E-state index contributed by atoms with van der Waals surface area (Å²) >= 11 is 0. The molecule has 0 amide bonds. The number of aryl methyl sites for hydroxylation is 2. The molecule has 0 atom stereocenters. The standard InChI is InChI=1S/C11H15NO2/c1-7-10(5-4-6-13)11(9(3)14)8(2)12-7/h6,12H,4-5H2,1-3H3. The molecule has 0 unspecified atom stereocenters. The number of aldehydes is 1. The van der Waals surface area contributed by atoms with Crippen molar-refractivity contribution in [3.8, 4) is 0 Å². The van der Waals surface area contributed by atoms with Gasteiger partial charge in [-0.3, -0.25) is 4.79 Å². The first-order valence-electron chi connectivity index (χ1n) is 4.70. The Balaban J connectivity index is 3.11. The van der Waals surface area contributed by atoms with Crippen molar-refractivity contribution in [2.45, 2.75) is 33.6 Å². The fourth-order valence-electron chi connectivity index (χ4n) is 1.83. The molecule has 1 N–H and O–H groups in total. The third-order valence-electron chi connectivity index (χ3n) is 2.37. The molecule has 1 aromatic heterocycles. The van der Waals surface area contributed by atoms with Crippen LogP contribution in [-0.2, 0) is 11.2 Å². The summed E-state index contributed by atoms with van der Waals surface area (Å²) in [5.41, 5.74) is 3.64. The van der Waals surface area contributed by atoms with Crippen molar-refractivity contribution < 1.29 is 9.59 Å². The van der Waals surface area contributed by atoms with Gasteiger partial charge in [0.05, 0.1) is 0 Å². The number of Topliss-reactive ketones (excluding diaryl/α,β-unsaturated/α-hetero) is 1. The summed E-state index contributed by atoms with van der Waals surface area (Å²) in [5, 5.41) is 0. The minimum absolute atomic E-state index is 0.0627. The van der Waals surface area contributed by atoms with Gasteiger partial charge in [-0.1, -0.05) is 0 Å². The number of rotatable bonds is 4. The van der Waals surface area contributed by atoms with Crippen LogP contribution in [0, 0.1) is 13.8 Å². The van der Waals surface area contributed by atoms with E-state index in [-0.39, 0.29) is 5.78 Å². The fourth-order valence-corrected chi connectivity index (χ4v) is 1.83. The topological polar surface area (TPSA) is 49.9 Å². The van der Waals surface area contributed by atoms with Gasteiger partial charge >= 0.3 is 0 Å². The summed E-state index contributed by atoms with van der Waals surface area (Å²) in [6.07, 6.45) is 2.00. The minimum Gasteiger partial charge on any atom is -0.362 e. The van der Waals surface area contributed by atoms with E-state index in [1.54, 1.807) is 6.92 Å². The van der Waals surface area contributed by atoms with Gasteiger partial charge in [-0.05, 0) is 32.8 Å². The summed E-state index contributed by atoms with van der Waals surface area (Å²) in [7, 11) is 0. The molecule has 1 rings (SSSR count). The van der Waals surface area contributed by atoms with Gasteiger partial charge in [-0.25, -0.2) is 0 Å². The van der Waals surface area contributed by atoms with Crippen LogP contribution in [0.4, 0.5) is 0 Å². The molecule has 14 heavy (non-hydrogen) atoms. The van der Waals surface area contributed by atoms with E-state index in [0.29, 0.717) is 12.8 Å². The third kappa shape index (κ3) is 1.92. The predicted octanol–water partition coefficient (Wildman–Crippen LogP) is 1.97. The van der Waals surface area contributed by atoms with Crippen molar-refractivity contribution in [1.82, 2.24) is 4.98 Å². The Morgan fingerprint density at radius 3 is 2.50 bits per heavy atom. The maximum atomic E-state index is 11.4. The fraction of sp³-hybridized carbons (Fsp3) is 0.455. The van der Waals surface area contributed by atoms with E-state index in [4.69, 9.17) is 0 Å². The van der Waals surface area contributed by atoms with E-state index < -0.39 is 0 Å². The predicted molar refractivity (Wildman–Crippen MR) is 54.7 cm³/mol.